The number of aryl methyl sites for hydroxylation is 1. The Morgan fingerprint density at radius 2 is 1.90 bits per heavy atom. The monoisotopic (exact) mass is 430 g/mol. The van der Waals surface area contributed by atoms with Crippen LogP contribution in [0.25, 0.3) is 11.6 Å². The summed E-state index contributed by atoms with van der Waals surface area (Å²) in [6.07, 6.45) is 3.83. The second-order valence-corrected chi connectivity index (χ2v) is 8.96. The molecule has 0 radical (unpaired) electrons. The zero-order valence-corrected chi connectivity index (χ0v) is 17.1. The molecule has 1 N–H and O–H groups in total. The maximum Gasteiger partial charge on any atom is 0.243 e. The summed E-state index contributed by atoms with van der Waals surface area (Å²) in [6, 6.07) is 10.1. The van der Waals surface area contributed by atoms with E-state index in [2.05, 4.69) is 15.5 Å². The predicted molar refractivity (Wildman–Crippen MR) is 107 cm³/mol. The standard InChI is InChI=1S/C20H22N4O5S/c25-18(9-10-19-22-20(23-29-19)17-4-3-13-28-17)21-14-15-5-7-16(8-6-15)30(26,27)24-11-1-2-12-24/h3-8,13H,1-2,9-12,14H2,(H,21,25). The van der Waals surface area contributed by atoms with Crippen LogP contribution in [0.1, 0.15) is 30.7 Å². The quantitative estimate of drug-likeness (QED) is 0.583. The summed E-state index contributed by atoms with van der Waals surface area (Å²) in [4.78, 5) is 16.6. The van der Waals surface area contributed by atoms with Gasteiger partial charge in [0.25, 0.3) is 0 Å². The molecule has 2 aromatic heterocycles. The molecule has 3 aromatic rings. The van der Waals surface area contributed by atoms with Crippen molar-refractivity contribution in [2.24, 2.45) is 0 Å². The van der Waals surface area contributed by atoms with Crippen LogP contribution in [0.5, 0.6) is 0 Å². The largest absolute Gasteiger partial charge is 0.461 e. The molecular weight excluding hydrogens is 408 g/mol. The lowest BCUT2D eigenvalue weighted by atomic mass is 10.2. The van der Waals surface area contributed by atoms with Crippen molar-refractivity contribution in [2.45, 2.75) is 37.1 Å². The maximum atomic E-state index is 12.5. The molecule has 158 valence electrons. The molecule has 1 amide bonds. The first kappa shape index (κ1) is 20.3. The van der Waals surface area contributed by atoms with Crippen LogP contribution < -0.4 is 5.32 Å². The number of hydrogen-bond acceptors (Lipinski definition) is 7. The highest BCUT2D eigenvalue weighted by atomic mass is 32.2. The van der Waals surface area contributed by atoms with Gasteiger partial charge in [0.05, 0.1) is 11.2 Å². The minimum Gasteiger partial charge on any atom is -0.461 e. The Morgan fingerprint density at radius 1 is 1.13 bits per heavy atom. The summed E-state index contributed by atoms with van der Waals surface area (Å²) < 4.78 is 36.9. The van der Waals surface area contributed by atoms with Gasteiger partial charge in [-0.2, -0.15) is 9.29 Å². The van der Waals surface area contributed by atoms with Crippen LogP contribution in [0.4, 0.5) is 0 Å². The Labute approximate surface area is 174 Å². The highest BCUT2D eigenvalue weighted by Crippen LogP contribution is 2.21. The van der Waals surface area contributed by atoms with Crippen LogP contribution in [0.2, 0.25) is 0 Å². The molecule has 1 saturated heterocycles. The van der Waals surface area contributed by atoms with Gasteiger partial charge < -0.3 is 14.3 Å². The van der Waals surface area contributed by atoms with Gasteiger partial charge >= 0.3 is 0 Å². The molecular formula is C20H22N4O5S. The van der Waals surface area contributed by atoms with E-state index in [0.29, 0.717) is 43.5 Å². The number of sulfonamides is 1. The van der Waals surface area contributed by atoms with Gasteiger partial charge in [0, 0.05) is 32.5 Å². The lowest BCUT2D eigenvalue weighted by Gasteiger charge is -2.15. The topological polar surface area (TPSA) is 119 Å². The van der Waals surface area contributed by atoms with Crippen molar-refractivity contribution in [3.05, 3.63) is 54.1 Å². The summed E-state index contributed by atoms with van der Waals surface area (Å²) in [7, 11) is -3.42. The van der Waals surface area contributed by atoms with E-state index in [9.17, 15) is 13.2 Å². The number of benzene rings is 1. The number of hydrogen-bond donors (Lipinski definition) is 1. The SMILES string of the molecule is O=C(CCc1nc(-c2ccco2)no1)NCc1ccc(S(=O)(=O)N2CCCC2)cc1. The molecule has 0 bridgehead atoms. The second-order valence-electron chi connectivity index (χ2n) is 7.02. The molecule has 1 aliphatic heterocycles. The molecule has 0 saturated carbocycles. The molecule has 30 heavy (non-hydrogen) atoms. The molecule has 1 aromatic carbocycles. The fourth-order valence-corrected chi connectivity index (χ4v) is 4.75. The van der Waals surface area contributed by atoms with Gasteiger partial charge in [-0.1, -0.05) is 17.3 Å². The van der Waals surface area contributed by atoms with Crippen LogP contribution in [-0.4, -0.2) is 41.9 Å². The fraction of sp³-hybridized carbons (Fsp3) is 0.350. The average molecular weight is 430 g/mol. The van der Waals surface area contributed by atoms with Crippen molar-refractivity contribution in [3.63, 3.8) is 0 Å². The molecule has 1 aliphatic rings. The Balaban J connectivity index is 1.26. The average Bonchev–Trinajstić information content (AvgIpc) is 3.52. The molecule has 0 aliphatic carbocycles. The number of rotatable bonds is 8. The smallest absolute Gasteiger partial charge is 0.243 e. The van der Waals surface area contributed by atoms with Gasteiger partial charge in [0.1, 0.15) is 0 Å². The van der Waals surface area contributed by atoms with E-state index in [1.807, 2.05) is 0 Å². The van der Waals surface area contributed by atoms with Crippen molar-refractivity contribution in [2.75, 3.05) is 13.1 Å². The van der Waals surface area contributed by atoms with E-state index >= 15 is 0 Å². The number of carbonyl (C=O) groups excluding carboxylic acids is 1. The first-order valence-corrected chi connectivity index (χ1v) is 11.2. The van der Waals surface area contributed by atoms with Crippen molar-refractivity contribution in [1.29, 1.82) is 0 Å². The van der Waals surface area contributed by atoms with Crippen LogP contribution in [0, 0.1) is 0 Å². The van der Waals surface area contributed by atoms with E-state index in [0.717, 1.165) is 18.4 Å². The van der Waals surface area contributed by atoms with E-state index < -0.39 is 10.0 Å². The first-order valence-electron chi connectivity index (χ1n) is 9.74. The normalized spacial score (nSPS) is 14.8. The molecule has 4 rings (SSSR count). The highest BCUT2D eigenvalue weighted by molar-refractivity contribution is 7.89. The summed E-state index contributed by atoms with van der Waals surface area (Å²) >= 11 is 0. The number of nitrogens with zero attached hydrogens (tertiary/aromatic N) is 3. The lowest BCUT2D eigenvalue weighted by Crippen LogP contribution is -2.28. The van der Waals surface area contributed by atoms with E-state index in [1.54, 1.807) is 36.4 Å². The third kappa shape index (κ3) is 4.60. The summed E-state index contributed by atoms with van der Waals surface area (Å²) in [5, 5.41) is 6.63. The molecule has 10 heteroatoms. The van der Waals surface area contributed by atoms with Crippen LogP contribution in [-0.2, 0) is 27.8 Å². The zero-order chi connectivity index (χ0) is 21.0. The molecule has 9 nitrogen and oxygen atoms in total. The van der Waals surface area contributed by atoms with Gasteiger partial charge in [0.2, 0.25) is 27.6 Å². The van der Waals surface area contributed by atoms with Crippen LogP contribution in [0.15, 0.2) is 56.5 Å². The maximum absolute atomic E-state index is 12.5. The third-order valence-corrected chi connectivity index (χ3v) is 6.80. The third-order valence-electron chi connectivity index (χ3n) is 4.89. The summed E-state index contributed by atoms with van der Waals surface area (Å²) in [6.45, 7) is 1.46. The Hall–Kier alpha value is -2.98. The minimum atomic E-state index is -3.42. The molecule has 3 heterocycles. The van der Waals surface area contributed by atoms with Crippen LogP contribution >= 0.6 is 0 Å². The Kier molecular flexibility index (Phi) is 5.96. The highest BCUT2D eigenvalue weighted by Gasteiger charge is 2.26. The predicted octanol–water partition coefficient (Wildman–Crippen LogP) is 2.36. The van der Waals surface area contributed by atoms with Gasteiger partial charge in [-0.15, -0.1) is 0 Å². The Morgan fingerprint density at radius 3 is 2.60 bits per heavy atom. The van der Waals surface area contributed by atoms with E-state index in [1.165, 1.54) is 10.6 Å². The summed E-state index contributed by atoms with van der Waals surface area (Å²) in [5.41, 5.74) is 0.821. The first-order chi connectivity index (χ1) is 14.5. The second kappa shape index (κ2) is 8.80. The molecule has 1 fully saturated rings. The van der Waals surface area contributed by atoms with Crippen LogP contribution in [0.3, 0.4) is 0 Å². The van der Waals surface area contributed by atoms with Crippen molar-refractivity contribution >= 4 is 15.9 Å². The van der Waals surface area contributed by atoms with Gasteiger partial charge in [0.15, 0.2) is 5.76 Å². The number of carbonyl (C=O) groups is 1. The summed E-state index contributed by atoms with van der Waals surface area (Å²) in [5.74, 6) is 1.04. The van der Waals surface area contributed by atoms with E-state index in [-0.39, 0.29) is 17.2 Å². The zero-order valence-electron chi connectivity index (χ0n) is 16.3. The number of furan rings is 1. The number of nitrogens with one attached hydrogen (secondary N) is 1. The molecule has 0 unspecified atom stereocenters. The minimum absolute atomic E-state index is 0.165. The Bertz CT molecular complexity index is 1080. The van der Waals surface area contributed by atoms with Crippen molar-refractivity contribution in [1.82, 2.24) is 19.8 Å². The fourth-order valence-electron chi connectivity index (χ4n) is 3.23. The van der Waals surface area contributed by atoms with E-state index in [4.69, 9.17) is 8.94 Å². The number of amides is 1. The van der Waals surface area contributed by atoms with Crippen molar-refractivity contribution in [3.8, 4) is 11.6 Å². The van der Waals surface area contributed by atoms with Gasteiger partial charge in [-0.3, -0.25) is 4.79 Å². The van der Waals surface area contributed by atoms with Gasteiger partial charge in [-0.05, 0) is 42.7 Å². The van der Waals surface area contributed by atoms with Gasteiger partial charge in [-0.25, -0.2) is 8.42 Å². The van der Waals surface area contributed by atoms with Crippen molar-refractivity contribution < 1.29 is 22.2 Å². The lowest BCUT2D eigenvalue weighted by molar-refractivity contribution is -0.121. The number of aromatic nitrogens is 2. The molecule has 0 atom stereocenters. The molecule has 0 spiro atoms.